The Kier molecular flexibility index (Phi) is 5.79. The summed E-state index contributed by atoms with van der Waals surface area (Å²) in [6.45, 7) is 0. The normalized spacial score (nSPS) is 10.7. The lowest BCUT2D eigenvalue weighted by Gasteiger charge is -2.09. The summed E-state index contributed by atoms with van der Waals surface area (Å²) in [5, 5.41) is 3.39. The summed E-state index contributed by atoms with van der Waals surface area (Å²) in [7, 11) is 0. The van der Waals surface area contributed by atoms with Crippen molar-refractivity contribution in [2.75, 3.05) is 5.32 Å². The zero-order valence-corrected chi connectivity index (χ0v) is 14.9. The number of hydrogen-bond donors (Lipinski definition) is 1. The largest absolute Gasteiger partial charge is 0.361 e. The first-order valence-electron chi connectivity index (χ1n) is 8.17. The summed E-state index contributed by atoms with van der Waals surface area (Å²) in [6.07, 6.45) is 2.74. The predicted molar refractivity (Wildman–Crippen MR) is 105 cm³/mol. The Bertz CT molecular complexity index is 999. The maximum Gasteiger partial charge on any atom is 0.195 e. The Hall–Kier alpha value is -3.24. The van der Waals surface area contributed by atoms with Gasteiger partial charge < -0.3 is 5.32 Å². The lowest BCUT2D eigenvalue weighted by Crippen LogP contribution is -2.05. The molecule has 0 amide bonds. The van der Waals surface area contributed by atoms with Crippen LogP contribution in [-0.2, 0) is 0 Å². The number of rotatable bonds is 6. The third-order valence-corrected chi connectivity index (χ3v) is 4.10. The van der Waals surface area contributed by atoms with Gasteiger partial charge in [-0.1, -0.05) is 41.9 Å². The van der Waals surface area contributed by atoms with Gasteiger partial charge in [-0.3, -0.25) is 9.59 Å². The molecule has 134 valence electrons. The number of anilines is 1. The summed E-state index contributed by atoms with van der Waals surface area (Å²) in [5.74, 6) is -0.856. The summed E-state index contributed by atoms with van der Waals surface area (Å²) in [4.78, 5) is 24.8. The van der Waals surface area contributed by atoms with Gasteiger partial charge in [0.2, 0.25) is 0 Å². The number of ketones is 2. The van der Waals surface area contributed by atoms with Crippen LogP contribution in [-0.4, -0.2) is 11.6 Å². The molecule has 0 heterocycles. The monoisotopic (exact) mass is 379 g/mol. The molecule has 5 heteroatoms. The number of hydrogen-bond acceptors (Lipinski definition) is 3. The summed E-state index contributed by atoms with van der Waals surface area (Å²) >= 11 is 6.04. The van der Waals surface area contributed by atoms with Crippen molar-refractivity contribution in [3.63, 3.8) is 0 Å². The predicted octanol–water partition coefficient (Wildman–Crippen LogP) is 5.52. The molecule has 0 saturated carbocycles. The molecular weight excluding hydrogens is 365 g/mol. The van der Waals surface area contributed by atoms with Crippen LogP contribution in [0.3, 0.4) is 0 Å². The molecule has 0 spiro atoms. The van der Waals surface area contributed by atoms with Crippen LogP contribution in [0.5, 0.6) is 0 Å². The number of nitrogens with one attached hydrogen (secondary N) is 1. The van der Waals surface area contributed by atoms with Gasteiger partial charge in [-0.15, -0.1) is 0 Å². The van der Waals surface area contributed by atoms with E-state index in [0.29, 0.717) is 27.4 Å². The molecule has 0 aliphatic heterocycles. The first-order chi connectivity index (χ1) is 13.0. The van der Waals surface area contributed by atoms with Gasteiger partial charge in [-0.25, -0.2) is 4.39 Å². The number of carbonyl (C=O) groups is 2. The molecule has 1 N–H and O–H groups in total. The Morgan fingerprint density at radius 1 is 0.889 bits per heavy atom. The molecule has 0 atom stereocenters. The highest BCUT2D eigenvalue weighted by Crippen LogP contribution is 2.24. The van der Waals surface area contributed by atoms with E-state index in [1.807, 2.05) is 6.07 Å². The minimum atomic E-state index is -0.406. The molecule has 0 aliphatic rings. The Morgan fingerprint density at radius 3 is 2.30 bits per heavy atom. The van der Waals surface area contributed by atoms with Gasteiger partial charge in [-0.05, 0) is 42.5 Å². The molecule has 0 aliphatic carbocycles. The SMILES string of the molecule is O=C(C=CNc1cc(Cl)ccc1C(=O)c1ccccc1)c1ccc(F)cc1. The standard InChI is InChI=1S/C22H15ClFNO2/c23-17-8-11-19(22(27)16-4-2-1-3-5-16)20(14-17)25-13-12-21(26)15-6-9-18(24)10-7-15/h1-14,25H. The minimum Gasteiger partial charge on any atom is -0.361 e. The van der Waals surface area contributed by atoms with E-state index in [9.17, 15) is 14.0 Å². The van der Waals surface area contributed by atoms with E-state index in [2.05, 4.69) is 5.32 Å². The van der Waals surface area contributed by atoms with E-state index >= 15 is 0 Å². The second-order valence-corrected chi connectivity index (χ2v) is 6.17. The van der Waals surface area contributed by atoms with Gasteiger partial charge >= 0.3 is 0 Å². The highest BCUT2D eigenvalue weighted by atomic mass is 35.5. The maximum atomic E-state index is 12.9. The van der Waals surface area contributed by atoms with Crippen molar-refractivity contribution < 1.29 is 14.0 Å². The topological polar surface area (TPSA) is 46.2 Å². The molecule has 0 unspecified atom stereocenters. The fourth-order valence-corrected chi connectivity index (χ4v) is 2.67. The number of halogens is 2. The van der Waals surface area contributed by atoms with Crippen molar-refractivity contribution in [1.82, 2.24) is 0 Å². The summed E-state index contributed by atoms with van der Waals surface area (Å²) in [5.41, 5.74) is 1.83. The molecule has 0 bridgehead atoms. The molecular formula is C22H15ClFNO2. The van der Waals surface area contributed by atoms with Crippen LogP contribution in [0.25, 0.3) is 0 Å². The molecule has 3 nitrogen and oxygen atoms in total. The smallest absolute Gasteiger partial charge is 0.195 e. The lowest BCUT2D eigenvalue weighted by atomic mass is 10.0. The quantitative estimate of drug-likeness (QED) is 0.453. The van der Waals surface area contributed by atoms with Gasteiger partial charge in [0.05, 0.1) is 5.69 Å². The van der Waals surface area contributed by atoms with Gasteiger partial charge in [-0.2, -0.15) is 0 Å². The van der Waals surface area contributed by atoms with E-state index in [4.69, 9.17) is 11.6 Å². The molecule has 0 saturated heterocycles. The first-order valence-corrected chi connectivity index (χ1v) is 8.54. The molecule has 0 aromatic heterocycles. The molecule has 0 fully saturated rings. The van der Waals surface area contributed by atoms with E-state index in [1.165, 1.54) is 36.5 Å². The third-order valence-electron chi connectivity index (χ3n) is 3.86. The van der Waals surface area contributed by atoms with Crippen molar-refractivity contribution in [2.45, 2.75) is 0 Å². The summed E-state index contributed by atoms with van der Waals surface area (Å²) in [6, 6.07) is 19.0. The van der Waals surface area contributed by atoms with Gasteiger partial charge in [0.15, 0.2) is 11.6 Å². The average molecular weight is 380 g/mol. The lowest BCUT2D eigenvalue weighted by molar-refractivity contribution is 0.103. The molecule has 27 heavy (non-hydrogen) atoms. The first kappa shape index (κ1) is 18.5. The Morgan fingerprint density at radius 2 is 1.59 bits per heavy atom. The van der Waals surface area contributed by atoms with E-state index < -0.39 is 5.82 Å². The van der Waals surface area contributed by atoms with Gasteiger partial charge in [0.1, 0.15) is 5.82 Å². The molecule has 3 aromatic carbocycles. The van der Waals surface area contributed by atoms with Crippen LogP contribution in [0.1, 0.15) is 26.3 Å². The van der Waals surface area contributed by atoms with Crippen LogP contribution < -0.4 is 5.32 Å². The molecule has 0 radical (unpaired) electrons. The van der Waals surface area contributed by atoms with E-state index in [1.54, 1.807) is 42.5 Å². The van der Waals surface area contributed by atoms with Crippen molar-refractivity contribution in [2.24, 2.45) is 0 Å². The van der Waals surface area contributed by atoms with E-state index in [0.717, 1.165) is 0 Å². The van der Waals surface area contributed by atoms with Crippen molar-refractivity contribution in [3.05, 3.63) is 113 Å². The minimum absolute atomic E-state index is 0.159. The Labute approximate surface area is 161 Å². The van der Waals surface area contributed by atoms with Crippen molar-refractivity contribution in [3.8, 4) is 0 Å². The number of benzene rings is 3. The van der Waals surface area contributed by atoms with Crippen LogP contribution in [0.2, 0.25) is 5.02 Å². The average Bonchev–Trinajstić information content (AvgIpc) is 2.69. The fourth-order valence-electron chi connectivity index (χ4n) is 2.50. The van der Waals surface area contributed by atoms with Crippen LogP contribution in [0.15, 0.2) is 85.1 Å². The fraction of sp³-hybridized carbons (Fsp3) is 0. The van der Waals surface area contributed by atoms with Gasteiger partial charge in [0, 0.05) is 34.0 Å². The number of carbonyl (C=O) groups excluding carboxylic acids is 2. The summed E-state index contributed by atoms with van der Waals surface area (Å²) < 4.78 is 12.9. The molecule has 3 aromatic rings. The second-order valence-electron chi connectivity index (χ2n) is 5.73. The zero-order valence-electron chi connectivity index (χ0n) is 14.2. The van der Waals surface area contributed by atoms with E-state index in [-0.39, 0.29) is 11.6 Å². The second kappa shape index (κ2) is 8.43. The zero-order chi connectivity index (χ0) is 19.2. The Balaban J connectivity index is 1.80. The van der Waals surface area contributed by atoms with Crippen LogP contribution in [0, 0.1) is 5.82 Å². The highest BCUT2D eigenvalue weighted by molar-refractivity contribution is 6.31. The van der Waals surface area contributed by atoms with Crippen LogP contribution >= 0.6 is 11.6 Å². The van der Waals surface area contributed by atoms with Crippen molar-refractivity contribution in [1.29, 1.82) is 0 Å². The van der Waals surface area contributed by atoms with Gasteiger partial charge in [0.25, 0.3) is 0 Å². The number of allylic oxidation sites excluding steroid dienone is 1. The maximum absolute atomic E-state index is 12.9. The third kappa shape index (κ3) is 4.68. The molecule has 3 rings (SSSR count). The van der Waals surface area contributed by atoms with Crippen LogP contribution in [0.4, 0.5) is 10.1 Å². The highest BCUT2D eigenvalue weighted by Gasteiger charge is 2.13. The van der Waals surface area contributed by atoms with Crippen molar-refractivity contribution >= 4 is 28.9 Å².